The van der Waals surface area contributed by atoms with E-state index in [0.29, 0.717) is 40.6 Å². The van der Waals surface area contributed by atoms with E-state index >= 15 is 4.39 Å². The van der Waals surface area contributed by atoms with Gasteiger partial charge >= 0.3 is 5.69 Å². The number of benzene rings is 2. The van der Waals surface area contributed by atoms with Crippen molar-refractivity contribution in [3.05, 3.63) is 81.1 Å². The highest BCUT2D eigenvalue weighted by Gasteiger charge is 2.30. The van der Waals surface area contributed by atoms with E-state index in [0.717, 1.165) is 57.1 Å². The smallest absolute Gasteiger partial charge is 0.354 e. The number of aryl methyl sites for hydroxylation is 1. The Labute approximate surface area is 261 Å². The summed E-state index contributed by atoms with van der Waals surface area (Å²) in [7, 11) is 0. The number of rotatable bonds is 11. The van der Waals surface area contributed by atoms with Crippen LogP contribution in [0, 0.1) is 11.2 Å². The zero-order valence-electron chi connectivity index (χ0n) is 25.3. The Hall–Kier alpha value is -3.73. The lowest BCUT2D eigenvalue weighted by Gasteiger charge is -2.42. The number of nitrogens with two attached hydrogens (primary N) is 2. The summed E-state index contributed by atoms with van der Waals surface area (Å²) in [5.41, 5.74) is 14.9. The van der Waals surface area contributed by atoms with Crippen molar-refractivity contribution >= 4 is 28.7 Å². The zero-order valence-corrected chi connectivity index (χ0v) is 26.0. The maximum atomic E-state index is 15.1. The van der Waals surface area contributed by atoms with Crippen LogP contribution >= 0.6 is 11.6 Å². The quantitative estimate of drug-likeness (QED) is 0.119. The minimum Gasteiger partial charge on any atom is -0.466 e. The number of fused-ring (bicyclic) bond motifs is 1. The maximum Gasteiger partial charge on any atom is 0.354 e. The van der Waals surface area contributed by atoms with Gasteiger partial charge in [0.2, 0.25) is 0 Å². The molecule has 9 nitrogen and oxygen atoms in total. The fraction of sp³-hybridized carbons (Fsp3) is 0.424. The number of nitrogens with zero attached hydrogens (tertiary/aromatic N) is 3. The molecular formula is C33H41ClFN7O2. The van der Waals surface area contributed by atoms with Gasteiger partial charge in [-0.2, -0.15) is 4.98 Å². The largest absolute Gasteiger partial charge is 0.466 e. The lowest BCUT2D eigenvalue weighted by molar-refractivity contribution is 0.0717. The van der Waals surface area contributed by atoms with E-state index in [4.69, 9.17) is 33.2 Å². The van der Waals surface area contributed by atoms with Crippen LogP contribution < -0.4 is 17.2 Å². The number of hydrogen-bond donors (Lipinski definition) is 4. The van der Waals surface area contributed by atoms with Gasteiger partial charge in [-0.25, -0.2) is 9.18 Å². The summed E-state index contributed by atoms with van der Waals surface area (Å²) < 4.78 is 21.9. The Bertz CT molecular complexity index is 1670. The number of hydrogen-bond acceptors (Lipinski definition) is 6. The van der Waals surface area contributed by atoms with Crippen molar-refractivity contribution in [1.82, 2.24) is 19.4 Å². The van der Waals surface area contributed by atoms with Gasteiger partial charge in [0.15, 0.2) is 5.82 Å². The number of aromatic amines is 1. The third-order valence-electron chi connectivity index (χ3n) is 8.53. The molecule has 4 aromatic rings. The number of ether oxygens (including phenoxy) is 1. The molecule has 0 saturated carbocycles. The first-order valence-corrected chi connectivity index (χ1v) is 15.7. The highest BCUT2D eigenvalue weighted by Crippen LogP contribution is 2.36. The summed E-state index contributed by atoms with van der Waals surface area (Å²) in [4.78, 5) is 23.0. The first-order chi connectivity index (χ1) is 21.1. The lowest BCUT2D eigenvalue weighted by Crippen LogP contribution is -2.42. The second-order valence-corrected chi connectivity index (χ2v) is 12.1. The van der Waals surface area contributed by atoms with E-state index in [-0.39, 0.29) is 23.1 Å². The molecular weight excluding hydrogens is 581 g/mol. The van der Waals surface area contributed by atoms with Crippen molar-refractivity contribution in [2.45, 2.75) is 76.9 Å². The molecule has 6 N–H and O–H groups in total. The molecule has 0 amide bonds. The third kappa shape index (κ3) is 7.14. The van der Waals surface area contributed by atoms with Gasteiger partial charge in [-0.1, -0.05) is 30.7 Å². The fourth-order valence-corrected chi connectivity index (χ4v) is 6.62. The Balaban J connectivity index is 1.38. The third-order valence-corrected chi connectivity index (χ3v) is 8.80. The van der Waals surface area contributed by atoms with Crippen molar-refractivity contribution in [3.8, 4) is 16.9 Å². The molecule has 1 aliphatic heterocycles. The maximum absolute atomic E-state index is 15.1. The average Bonchev–Trinajstić information content (AvgIpc) is 3.40. The van der Waals surface area contributed by atoms with Gasteiger partial charge in [0.05, 0.1) is 23.0 Å². The molecule has 0 unspecified atom stereocenters. The van der Waals surface area contributed by atoms with Crippen molar-refractivity contribution in [1.29, 1.82) is 5.41 Å². The molecule has 2 aromatic heterocycles. The molecule has 11 heteroatoms. The monoisotopic (exact) mass is 621 g/mol. The highest BCUT2D eigenvalue weighted by molar-refractivity contribution is 6.31. The van der Waals surface area contributed by atoms with Crippen LogP contribution in [0.5, 0.6) is 0 Å². The molecule has 0 aliphatic carbocycles. The number of halogens is 2. The second-order valence-electron chi connectivity index (χ2n) is 11.7. The normalized spacial score (nSPS) is 18.0. The SMILES string of the molecule is CCN1[C@H](CCOC(=N)N)CCC[C@H]1c1ccc(-n2cc3cc(-c4cc(CCC[C@H](C)N)cc(Cl)c4F)[nH]c3nc2=O)cc1. The first-order valence-electron chi connectivity index (χ1n) is 15.3. The average molecular weight is 622 g/mol. The van der Waals surface area contributed by atoms with Crippen LogP contribution in [0.1, 0.15) is 69.5 Å². The predicted octanol–water partition coefficient (Wildman–Crippen LogP) is 6.06. The minimum atomic E-state index is -0.516. The lowest BCUT2D eigenvalue weighted by atomic mass is 9.89. The predicted molar refractivity (Wildman–Crippen MR) is 174 cm³/mol. The molecule has 1 fully saturated rings. The Morgan fingerprint density at radius 3 is 2.73 bits per heavy atom. The minimum absolute atomic E-state index is 0.0555. The van der Waals surface area contributed by atoms with Gasteiger partial charge in [-0.15, -0.1) is 0 Å². The van der Waals surface area contributed by atoms with E-state index in [9.17, 15) is 4.79 Å². The topological polar surface area (TPSA) is 139 Å². The van der Waals surface area contributed by atoms with Crippen LogP contribution in [0.2, 0.25) is 5.02 Å². The number of amidine groups is 1. The number of piperidine rings is 1. The van der Waals surface area contributed by atoms with Crippen molar-refractivity contribution in [2.24, 2.45) is 11.5 Å². The summed E-state index contributed by atoms with van der Waals surface area (Å²) in [6, 6.07) is 13.7. The molecule has 5 rings (SSSR count). The van der Waals surface area contributed by atoms with Gasteiger partial charge < -0.3 is 21.2 Å². The fourth-order valence-electron chi connectivity index (χ4n) is 6.38. The van der Waals surface area contributed by atoms with E-state index in [2.05, 4.69) is 33.9 Å². The zero-order chi connectivity index (χ0) is 31.4. The molecule has 0 radical (unpaired) electrons. The highest BCUT2D eigenvalue weighted by atomic mass is 35.5. The summed E-state index contributed by atoms with van der Waals surface area (Å²) in [6.07, 6.45) is 8.25. The summed E-state index contributed by atoms with van der Waals surface area (Å²) in [5.74, 6) is -0.516. The van der Waals surface area contributed by atoms with Crippen LogP contribution in [0.4, 0.5) is 4.39 Å². The van der Waals surface area contributed by atoms with Crippen LogP contribution in [0.25, 0.3) is 28.0 Å². The van der Waals surface area contributed by atoms with Crippen molar-refractivity contribution < 1.29 is 9.13 Å². The molecule has 1 aliphatic rings. The van der Waals surface area contributed by atoms with E-state index < -0.39 is 11.5 Å². The Kier molecular flexibility index (Phi) is 10.0. The van der Waals surface area contributed by atoms with E-state index in [1.54, 1.807) is 24.4 Å². The first kappa shape index (κ1) is 31.7. The van der Waals surface area contributed by atoms with Crippen LogP contribution in [-0.4, -0.2) is 50.7 Å². The standard InChI is InChI=1S/C33H41ClFN7O2/c1-3-41-24(14-15-44-32(37)38)8-5-9-29(41)22-10-12-25(13-11-22)42-19-23-18-28(39-31(23)40-33(42)43)26-16-21(7-4-6-20(2)36)17-27(34)30(26)35/h10-13,16-20,24,29H,3-9,14-15,36H2,1-2H3,(H3,37,38)(H,39,40,43)/t20-,24-,29-/m0/s1. The van der Waals surface area contributed by atoms with E-state index in [1.165, 1.54) is 10.1 Å². The summed E-state index contributed by atoms with van der Waals surface area (Å²) in [6.45, 7) is 5.46. The molecule has 234 valence electrons. The number of aromatic nitrogens is 3. The number of likely N-dealkylation sites (tertiary alicyclic amines) is 1. The number of nitrogens with one attached hydrogen (secondary N) is 2. The van der Waals surface area contributed by atoms with Crippen molar-refractivity contribution in [3.63, 3.8) is 0 Å². The Morgan fingerprint density at radius 1 is 1.25 bits per heavy atom. The van der Waals surface area contributed by atoms with Gasteiger partial charge in [-0.3, -0.25) is 14.9 Å². The van der Waals surface area contributed by atoms with Crippen LogP contribution in [-0.2, 0) is 11.2 Å². The number of H-pyrrole nitrogens is 1. The molecule has 0 bridgehead atoms. The van der Waals surface area contributed by atoms with Gasteiger partial charge in [0.25, 0.3) is 6.02 Å². The molecule has 0 spiro atoms. The van der Waals surface area contributed by atoms with Gasteiger partial charge in [0.1, 0.15) is 5.65 Å². The second kappa shape index (κ2) is 13.9. The Morgan fingerprint density at radius 2 is 2.02 bits per heavy atom. The molecule has 2 aromatic carbocycles. The van der Waals surface area contributed by atoms with Gasteiger partial charge in [-0.05, 0) is 99.9 Å². The van der Waals surface area contributed by atoms with Crippen LogP contribution in [0.15, 0.2) is 53.5 Å². The summed E-state index contributed by atoms with van der Waals surface area (Å²) in [5, 5.41) is 8.05. The van der Waals surface area contributed by atoms with Gasteiger partial charge in [0, 0.05) is 35.3 Å². The van der Waals surface area contributed by atoms with Crippen LogP contribution in [0.3, 0.4) is 0 Å². The summed E-state index contributed by atoms with van der Waals surface area (Å²) >= 11 is 6.26. The molecule has 3 atom stereocenters. The van der Waals surface area contributed by atoms with Crippen molar-refractivity contribution in [2.75, 3.05) is 13.2 Å². The molecule has 3 heterocycles. The molecule has 1 saturated heterocycles. The molecule has 44 heavy (non-hydrogen) atoms. The van der Waals surface area contributed by atoms with E-state index in [1.807, 2.05) is 19.1 Å².